The Balaban J connectivity index is -0.00000113. The van der Waals surface area contributed by atoms with Gasteiger partial charge >= 0.3 is 29.6 Å². The Morgan fingerprint density at radius 1 is 0.536 bits per heavy atom. The van der Waals surface area contributed by atoms with Crippen LogP contribution in [-0.4, -0.2) is 36.6 Å². The van der Waals surface area contributed by atoms with Crippen molar-refractivity contribution in [3.05, 3.63) is 6.92 Å². The minimum Gasteiger partial charge on any atom is -0.399 e. The summed E-state index contributed by atoms with van der Waals surface area (Å²) in [5.74, 6) is 0. The van der Waals surface area contributed by atoms with Gasteiger partial charge in [-0.3, -0.25) is 0 Å². The minimum atomic E-state index is 0. The molecule has 0 amide bonds. The van der Waals surface area contributed by atoms with Gasteiger partial charge in [0.25, 0.3) is 0 Å². The second-order valence-electron chi connectivity index (χ2n) is 7.57. The van der Waals surface area contributed by atoms with Crippen molar-refractivity contribution in [1.29, 1.82) is 0 Å². The fourth-order valence-electron chi connectivity index (χ4n) is 3.02. The molecule has 0 aromatic carbocycles. The summed E-state index contributed by atoms with van der Waals surface area (Å²) in [6, 6.07) is 0. The van der Waals surface area contributed by atoms with Crippen LogP contribution in [0.1, 0.15) is 122 Å². The first-order valence-corrected chi connectivity index (χ1v) is 11.9. The van der Waals surface area contributed by atoms with E-state index in [1.165, 1.54) is 103 Å². The Labute approximate surface area is 199 Å². The molecule has 28 heavy (non-hydrogen) atoms. The Kier molecular flexibility index (Phi) is 42.3. The van der Waals surface area contributed by atoms with Crippen molar-refractivity contribution in [1.82, 2.24) is 0 Å². The van der Waals surface area contributed by atoms with E-state index in [0.717, 1.165) is 19.6 Å². The molecule has 0 aromatic rings. The minimum absolute atomic E-state index is 0. The molecule has 0 aliphatic rings. The molecule has 0 heterocycles. The Morgan fingerprint density at radius 3 is 1.18 bits per heavy atom. The molecule has 0 fully saturated rings. The second-order valence-corrected chi connectivity index (χ2v) is 7.57. The topological polar surface area (TPSA) is 49.7 Å². The number of ether oxygens (including phenoxy) is 1. The zero-order valence-electron chi connectivity index (χ0n) is 19.6. The molecule has 0 spiro atoms. The second kappa shape index (κ2) is 35.3. The van der Waals surface area contributed by atoms with Crippen molar-refractivity contribution in [2.24, 2.45) is 0 Å². The summed E-state index contributed by atoms with van der Waals surface area (Å²) in [5, 5.41) is 16.4. The molecule has 2 N–H and O–H groups in total. The number of rotatable bonds is 21. The molecule has 166 valence electrons. The molecule has 3 nitrogen and oxygen atoms in total. The molecule has 4 heteroatoms. The van der Waals surface area contributed by atoms with Crippen molar-refractivity contribution >= 4 is 0 Å². The fraction of sp³-hybridized carbons (Fsp3) is 0.958. The molecule has 0 atom stereocenters. The van der Waals surface area contributed by atoms with Gasteiger partial charge in [0, 0.05) is 26.4 Å². The summed E-state index contributed by atoms with van der Waals surface area (Å²) in [5.41, 5.74) is 0. The molecule has 0 bridgehead atoms. The molecule has 0 radical (unpaired) electrons. The molecule has 0 aliphatic heterocycles. The molecule has 0 saturated heterocycles. The molecule has 0 saturated carbocycles. The average Bonchev–Trinajstić information content (AvgIpc) is 2.70. The van der Waals surface area contributed by atoms with Crippen LogP contribution < -0.4 is 29.6 Å². The molecule has 0 aromatic heterocycles. The van der Waals surface area contributed by atoms with E-state index >= 15 is 0 Å². The van der Waals surface area contributed by atoms with Crippen molar-refractivity contribution in [3.63, 3.8) is 0 Å². The third-order valence-corrected chi connectivity index (χ3v) is 4.75. The van der Waals surface area contributed by atoms with E-state index in [4.69, 9.17) is 14.9 Å². The predicted octanol–water partition coefficient (Wildman–Crippen LogP) is 3.85. The number of aliphatic hydroxyl groups excluding tert-OH is 2. The van der Waals surface area contributed by atoms with Crippen molar-refractivity contribution in [3.8, 4) is 0 Å². The first-order chi connectivity index (χ1) is 13.3. The van der Waals surface area contributed by atoms with E-state index in [9.17, 15) is 0 Å². The molecule has 0 rings (SSSR count). The first-order valence-electron chi connectivity index (χ1n) is 11.9. The first kappa shape index (κ1) is 33.5. The third-order valence-electron chi connectivity index (χ3n) is 4.75. The van der Waals surface area contributed by atoms with E-state index < -0.39 is 0 Å². The largest absolute Gasteiger partial charge is 1.00 e. The number of hydrogen-bond donors (Lipinski definition) is 2. The zero-order chi connectivity index (χ0) is 20.3. The standard InChI is InChI=1S/C21H44O2.C3H7O.Na/c1-2-3-4-5-6-7-8-9-10-11-12-13-14-15-16-17-20-23-21-18-19-22;1-2-3-4;/h22H,2-21H2,1H3;4H,1-3H2;/q;-1;+1. The summed E-state index contributed by atoms with van der Waals surface area (Å²) < 4.78 is 5.43. The Morgan fingerprint density at radius 2 is 0.857 bits per heavy atom. The van der Waals surface area contributed by atoms with Gasteiger partial charge in [0.2, 0.25) is 0 Å². The van der Waals surface area contributed by atoms with Crippen LogP contribution in [0.15, 0.2) is 0 Å². The van der Waals surface area contributed by atoms with Gasteiger partial charge in [-0.05, 0) is 12.8 Å². The Bertz CT molecular complexity index is 206. The van der Waals surface area contributed by atoms with E-state index in [1.54, 1.807) is 0 Å². The molecule has 0 aliphatic carbocycles. The smallest absolute Gasteiger partial charge is 0.399 e. The van der Waals surface area contributed by atoms with Crippen LogP contribution in [-0.2, 0) is 4.74 Å². The quantitative estimate of drug-likeness (QED) is 0.172. The van der Waals surface area contributed by atoms with Gasteiger partial charge < -0.3 is 21.9 Å². The molecular weight excluding hydrogens is 359 g/mol. The van der Waals surface area contributed by atoms with Crippen LogP contribution in [0.4, 0.5) is 0 Å². The van der Waals surface area contributed by atoms with E-state index in [-0.39, 0.29) is 42.8 Å². The normalized spacial score (nSPS) is 10.3. The van der Waals surface area contributed by atoms with Crippen LogP contribution >= 0.6 is 0 Å². The van der Waals surface area contributed by atoms with Crippen LogP contribution in [0.3, 0.4) is 0 Å². The van der Waals surface area contributed by atoms with Gasteiger partial charge in [0.1, 0.15) is 0 Å². The SMILES string of the molecule is CCCCCCCCCCCCCCCCCCOCCCO.[CH2-]CCO.[Na+]. The number of hydrogen-bond acceptors (Lipinski definition) is 3. The number of unbranched alkanes of at least 4 members (excludes halogenated alkanes) is 15. The van der Waals surface area contributed by atoms with Crippen LogP contribution in [0, 0.1) is 6.92 Å². The molecular formula is C24H51NaO3. The van der Waals surface area contributed by atoms with E-state index in [2.05, 4.69) is 13.8 Å². The Hall–Kier alpha value is 0.880. The van der Waals surface area contributed by atoms with Crippen LogP contribution in [0.5, 0.6) is 0 Å². The zero-order valence-corrected chi connectivity index (χ0v) is 21.6. The van der Waals surface area contributed by atoms with Gasteiger partial charge in [-0.15, -0.1) is 0 Å². The van der Waals surface area contributed by atoms with Crippen molar-refractivity contribution in [2.45, 2.75) is 122 Å². The van der Waals surface area contributed by atoms with E-state index in [1.807, 2.05) is 0 Å². The summed E-state index contributed by atoms with van der Waals surface area (Å²) in [4.78, 5) is 0. The maximum absolute atomic E-state index is 8.63. The predicted molar refractivity (Wildman–Crippen MR) is 119 cm³/mol. The van der Waals surface area contributed by atoms with Gasteiger partial charge in [-0.2, -0.15) is 6.42 Å². The van der Waals surface area contributed by atoms with Gasteiger partial charge in [0.15, 0.2) is 0 Å². The van der Waals surface area contributed by atoms with Crippen LogP contribution in [0.25, 0.3) is 0 Å². The summed E-state index contributed by atoms with van der Waals surface area (Å²) in [6.07, 6.45) is 23.9. The van der Waals surface area contributed by atoms with Crippen molar-refractivity contribution < 1.29 is 44.5 Å². The van der Waals surface area contributed by atoms with Crippen molar-refractivity contribution in [2.75, 3.05) is 26.4 Å². The fourth-order valence-corrected chi connectivity index (χ4v) is 3.02. The molecule has 0 unspecified atom stereocenters. The monoisotopic (exact) mass is 410 g/mol. The van der Waals surface area contributed by atoms with Gasteiger partial charge in [-0.1, -0.05) is 103 Å². The summed E-state index contributed by atoms with van der Waals surface area (Å²) >= 11 is 0. The average molecular weight is 411 g/mol. The maximum atomic E-state index is 8.63. The number of aliphatic hydroxyl groups is 2. The van der Waals surface area contributed by atoms with Gasteiger partial charge in [0.05, 0.1) is 0 Å². The summed E-state index contributed by atoms with van der Waals surface area (Å²) in [6.45, 7) is 7.69. The maximum Gasteiger partial charge on any atom is 1.00 e. The van der Waals surface area contributed by atoms with Crippen LogP contribution in [0.2, 0.25) is 0 Å². The summed E-state index contributed by atoms with van der Waals surface area (Å²) in [7, 11) is 0. The third kappa shape index (κ3) is 37.6. The van der Waals surface area contributed by atoms with Gasteiger partial charge in [-0.25, -0.2) is 0 Å². The van der Waals surface area contributed by atoms with E-state index in [0.29, 0.717) is 6.42 Å².